The van der Waals surface area contributed by atoms with Gasteiger partial charge in [-0.2, -0.15) is 0 Å². The van der Waals surface area contributed by atoms with Crippen molar-refractivity contribution in [3.05, 3.63) is 93.5 Å². The molecule has 60 heavy (non-hydrogen) atoms. The zero-order valence-electron chi connectivity index (χ0n) is 34.7. The van der Waals surface area contributed by atoms with E-state index in [4.69, 9.17) is 9.47 Å². The summed E-state index contributed by atoms with van der Waals surface area (Å²) in [4.78, 5) is 0. The van der Waals surface area contributed by atoms with Gasteiger partial charge in [-0.15, -0.1) is 0 Å². The third-order valence-corrected chi connectivity index (χ3v) is 15.5. The first kappa shape index (κ1) is 51.6. The third-order valence-electron chi connectivity index (χ3n) is 15.5. The van der Waals surface area contributed by atoms with E-state index >= 15 is 0 Å². The fourth-order valence-electron chi connectivity index (χ4n) is 11.7. The van der Waals surface area contributed by atoms with Crippen molar-refractivity contribution in [2.75, 3.05) is 13.2 Å². The highest BCUT2D eigenvalue weighted by atomic mass is 19.2. The van der Waals surface area contributed by atoms with Gasteiger partial charge in [0.05, 0.1) is 24.7 Å². The van der Waals surface area contributed by atoms with Gasteiger partial charge in [0.15, 0.2) is 23.3 Å². The normalized spacial score (nSPS) is 31.6. The summed E-state index contributed by atoms with van der Waals surface area (Å²) in [5.41, 5.74) is 2.01. The van der Waals surface area contributed by atoms with Crippen molar-refractivity contribution in [2.45, 2.75) is 185 Å². The fourth-order valence-corrected chi connectivity index (χ4v) is 11.7. The van der Waals surface area contributed by atoms with E-state index in [9.17, 15) is 17.6 Å². The van der Waals surface area contributed by atoms with Crippen molar-refractivity contribution >= 4 is 0 Å². The number of hydrogen-bond donors (Lipinski definition) is 0. The Morgan fingerprint density at radius 3 is 1.17 bits per heavy atom. The maximum atomic E-state index is 14.4. The predicted molar refractivity (Wildman–Crippen MR) is 245 cm³/mol. The van der Waals surface area contributed by atoms with Crippen molar-refractivity contribution in [1.29, 1.82) is 0 Å². The molecule has 0 N–H and O–H groups in total. The SMILES string of the molecule is C.C.C.C.CC1=CCC(C2CCC(C3CCC(c4ccc(C)c(F)c4F)CC3)CC2)CO1.Cc1ccc(C2CCC(C3CCC(C4=CCC(C)CO4)CC3)CC2)c(F)c1F. The molecule has 0 saturated heterocycles. The molecule has 2 heterocycles. The lowest BCUT2D eigenvalue weighted by atomic mass is 9.66. The van der Waals surface area contributed by atoms with E-state index in [-0.39, 0.29) is 41.5 Å². The van der Waals surface area contributed by atoms with Gasteiger partial charge in [-0.05, 0) is 224 Å². The molecule has 4 saturated carbocycles. The average molecular weight is 841 g/mol. The Hall–Kier alpha value is -2.76. The monoisotopic (exact) mass is 841 g/mol. The molecule has 0 radical (unpaired) electrons. The number of allylic oxidation sites excluding steroid dienone is 4. The highest BCUT2D eigenvalue weighted by Crippen LogP contribution is 2.48. The zero-order chi connectivity index (χ0) is 39.3. The maximum absolute atomic E-state index is 14.4. The lowest BCUT2D eigenvalue weighted by Crippen LogP contribution is -2.30. The van der Waals surface area contributed by atoms with E-state index < -0.39 is 23.3 Å². The molecule has 8 rings (SSSR count). The lowest BCUT2D eigenvalue weighted by Gasteiger charge is -2.40. The van der Waals surface area contributed by atoms with Crippen molar-refractivity contribution in [3.8, 4) is 0 Å². The first-order valence-electron chi connectivity index (χ1n) is 22.6. The summed E-state index contributed by atoms with van der Waals surface area (Å²) < 4.78 is 68.3. The van der Waals surface area contributed by atoms with Crippen molar-refractivity contribution in [2.24, 2.45) is 47.3 Å². The number of aryl methyl sites for hydroxylation is 2. The van der Waals surface area contributed by atoms with Crippen LogP contribution in [-0.2, 0) is 9.47 Å². The van der Waals surface area contributed by atoms with E-state index in [2.05, 4.69) is 26.0 Å². The number of halogens is 4. The van der Waals surface area contributed by atoms with Crippen LogP contribution < -0.4 is 0 Å². The molecule has 2 aliphatic heterocycles. The maximum Gasteiger partial charge on any atom is 0.162 e. The first-order chi connectivity index (χ1) is 27.0. The number of benzene rings is 2. The molecule has 2 unspecified atom stereocenters. The molecule has 2 aromatic carbocycles. The minimum absolute atomic E-state index is 0. The number of ether oxygens (including phenoxy) is 2. The Kier molecular flexibility index (Phi) is 20.3. The van der Waals surface area contributed by atoms with E-state index in [1.165, 1.54) is 76.4 Å². The van der Waals surface area contributed by atoms with Crippen molar-refractivity contribution < 1.29 is 27.0 Å². The Labute approximate surface area is 364 Å². The molecular formula is C54H84F4O2. The minimum atomic E-state index is -0.661. The van der Waals surface area contributed by atoms with Crippen LogP contribution in [0.2, 0.25) is 0 Å². The van der Waals surface area contributed by atoms with Crippen molar-refractivity contribution in [3.63, 3.8) is 0 Å². The summed E-state index contributed by atoms with van der Waals surface area (Å²) in [6.45, 7) is 9.35. The number of rotatable bonds is 6. The minimum Gasteiger partial charge on any atom is -0.498 e. The largest absolute Gasteiger partial charge is 0.498 e. The zero-order valence-corrected chi connectivity index (χ0v) is 34.7. The quantitative estimate of drug-likeness (QED) is 0.270. The highest BCUT2D eigenvalue weighted by molar-refractivity contribution is 5.29. The van der Waals surface area contributed by atoms with Gasteiger partial charge in [0.25, 0.3) is 0 Å². The molecule has 0 amide bonds. The molecule has 6 heteroatoms. The second-order valence-corrected chi connectivity index (χ2v) is 19.1. The van der Waals surface area contributed by atoms with Crippen LogP contribution in [0.15, 0.2) is 47.9 Å². The Balaban J connectivity index is 0.000000300. The van der Waals surface area contributed by atoms with E-state index in [0.29, 0.717) is 40.0 Å². The molecule has 2 aromatic rings. The summed E-state index contributed by atoms with van der Waals surface area (Å²) >= 11 is 0. The summed E-state index contributed by atoms with van der Waals surface area (Å²) in [7, 11) is 0. The van der Waals surface area contributed by atoms with Crippen LogP contribution in [0, 0.1) is 84.5 Å². The van der Waals surface area contributed by atoms with Gasteiger partial charge >= 0.3 is 0 Å². The standard InChI is InChI=1S/2C25H34F2O.4CH4/c1-16-3-14-23(28-15-16)21-11-7-19(8-12-21)18-5-9-20(10-6-18)22-13-4-17(2)24(26)25(22)27;1-16-3-14-23(25(27)24(16)26)21-12-10-19(11-13-21)18-6-8-20(9-7-18)22-5-4-17(2)28-15-22;;;;/h4,13-14,16,18-21H,3,5-12,15H2,1-2H3;3-4,14,18-22H,5-13,15H2,1-2H3;4*1H4. The van der Waals surface area contributed by atoms with Gasteiger partial charge in [0.1, 0.15) is 0 Å². The van der Waals surface area contributed by atoms with Crippen LogP contribution in [0.4, 0.5) is 17.6 Å². The smallest absolute Gasteiger partial charge is 0.162 e. The van der Waals surface area contributed by atoms with Gasteiger partial charge in [-0.1, -0.05) is 60.9 Å². The average Bonchev–Trinajstić information content (AvgIpc) is 3.23. The molecule has 4 fully saturated rings. The molecule has 2 atom stereocenters. The summed E-state index contributed by atoms with van der Waals surface area (Å²) in [6, 6.07) is 7.08. The van der Waals surface area contributed by atoms with Crippen LogP contribution in [0.5, 0.6) is 0 Å². The molecule has 0 aromatic heterocycles. The van der Waals surface area contributed by atoms with Crippen LogP contribution in [-0.4, -0.2) is 13.2 Å². The Bertz CT molecular complexity index is 1670. The summed E-state index contributed by atoms with van der Waals surface area (Å²) in [5, 5.41) is 0. The van der Waals surface area contributed by atoms with Gasteiger partial charge in [0.2, 0.25) is 0 Å². The third kappa shape index (κ3) is 12.2. The lowest BCUT2D eigenvalue weighted by molar-refractivity contribution is 0.0754. The Morgan fingerprint density at radius 2 is 0.800 bits per heavy atom. The van der Waals surface area contributed by atoms with Gasteiger partial charge < -0.3 is 9.47 Å². The van der Waals surface area contributed by atoms with Crippen LogP contribution in [0.25, 0.3) is 0 Å². The van der Waals surface area contributed by atoms with Crippen molar-refractivity contribution in [1.82, 2.24) is 0 Å². The second kappa shape index (κ2) is 23.6. The van der Waals surface area contributed by atoms with Gasteiger partial charge in [0, 0.05) is 5.92 Å². The van der Waals surface area contributed by atoms with Gasteiger partial charge in [-0.25, -0.2) is 17.6 Å². The second-order valence-electron chi connectivity index (χ2n) is 19.1. The van der Waals surface area contributed by atoms with E-state index in [0.717, 1.165) is 93.5 Å². The molecule has 0 spiro atoms. The predicted octanol–water partition coefficient (Wildman–Crippen LogP) is 17.1. The summed E-state index contributed by atoms with van der Waals surface area (Å²) in [6.07, 6.45) is 26.0. The fraction of sp³-hybridized carbons (Fsp3) is 0.704. The summed E-state index contributed by atoms with van der Waals surface area (Å²) in [5.74, 6) is 6.18. The molecule has 6 aliphatic rings. The van der Waals surface area contributed by atoms with Gasteiger partial charge in [-0.3, -0.25) is 0 Å². The molecule has 4 aliphatic carbocycles. The number of hydrogen-bond acceptors (Lipinski definition) is 2. The molecule has 2 nitrogen and oxygen atoms in total. The molecule has 340 valence electrons. The highest BCUT2D eigenvalue weighted by Gasteiger charge is 2.36. The van der Waals surface area contributed by atoms with E-state index in [1.54, 1.807) is 26.0 Å². The van der Waals surface area contributed by atoms with Crippen LogP contribution in [0.1, 0.15) is 193 Å². The van der Waals surface area contributed by atoms with E-state index in [1.807, 2.05) is 12.1 Å². The van der Waals surface area contributed by atoms with Crippen LogP contribution >= 0.6 is 0 Å². The molecule has 0 bridgehead atoms. The topological polar surface area (TPSA) is 18.5 Å². The molecular weight excluding hydrogens is 757 g/mol. The Morgan fingerprint density at radius 1 is 0.417 bits per heavy atom. The first-order valence-corrected chi connectivity index (χ1v) is 22.6. The van der Waals surface area contributed by atoms with Crippen LogP contribution in [0.3, 0.4) is 0 Å².